The Labute approximate surface area is 122 Å². The van der Waals surface area contributed by atoms with Gasteiger partial charge in [0.2, 0.25) is 5.91 Å². The van der Waals surface area contributed by atoms with Crippen LogP contribution in [0.15, 0.2) is 0 Å². The van der Waals surface area contributed by atoms with Crippen LogP contribution < -0.4 is 5.32 Å². The van der Waals surface area contributed by atoms with Crippen molar-refractivity contribution in [2.24, 2.45) is 22.2 Å². The van der Waals surface area contributed by atoms with E-state index in [2.05, 4.69) is 19.2 Å². The van der Waals surface area contributed by atoms with Crippen molar-refractivity contribution in [1.29, 1.82) is 0 Å². The van der Waals surface area contributed by atoms with Gasteiger partial charge in [-0.15, -0.1) is 0 Å². The van der Waals surface area contributed by atoms with E-state index in [-0.39, 0.29) is 17.9 Å². The van der Waals surface area contributed by atoms with Gasteiger partial charge in [-0.3, -0.25) is 4.79 Å². The fraction of sp³-hybridized carbons (Fsp3) is 0.941. The van der Waals surface area contributed by atoms with Gasteiger partial charge < -0.3 is 10.4 Å². The molecule has 2 atom stereocenters. The quantitative estimate of drug-likeness (QED) is 0.834. The van der Waals surface area contributed by atoms with Crippen LogP contribution in [0, 0.1) is 22.2 Å². The van der Waals surface area contributed by atoms with Gasteiger partial charge in [0, 0.05) is 0 Å². The summed E-state index contributed by atoms with van der Waals surface area (Å²) >= 11 is 0. The van der Waals surface area contributed by atoms with Crippen molar-refractivity contribution in [3.05, 3.63) is 0 Å². The number of hydrogen-bond donors (Lipinski definition) is 2. The van der Waals surface area contributed by atoms with Crippen molar-refractivity contribution in [2.45, 2.75) is 71.8 Å². The van der Waals surface area contributed by atoms with Crippen LogP contribution in [-0.2, 0) is 4.79 Å². The first-order chi connectivity index (χ1) is 9.10. The highest BCUT2D eigenvalue weighted by molar-refractivity contribution is 5.84. The number of rotatable bonds is 3. The van der Waals surface area contributed by atoms with Gasteiger partial charge in [-0.05, 0) is 69.1 Å². The van der Waals surface area contributed by atoms with Crippen LogP contribution in [0.4, 0.5) is 0 Å². The molecule has 0 aromatic heterocycles. The molecule has 4 saturated carbocycles. The van der Waals surface area contributed by atoms with Crippen molar-refractivity contribution in [3.63, 3.8) is 0 Å². The molecule has 0 aromatic carbocycles. The Bertz CT molecular complexity index is 424. The first kappa shape index (κ1) is 14.4. The van der Waals surface area contributed by atoms with Gasteiger partial charge in [0.15, 0.2) is 0 Å². The van der Waals surface area contributed by atoms with Gasteiger partial charge in [0.05, 0.1) is 17.6 Å². The van der Waals surface area contributed by atoms with E-state index >= 15 is 0 Å². The SMILES string of the molecule is CC12CC3CC(C)(C1)CC(C(=O)NC(C)(C)CO)(C3)C2. The molecule has 114 valence electrons. The lowest BCUT2D eigenvalue weighted by Gasteiger charge is -2.64. The van der Waals surface area contributed by atoms with Crippen molar-refractivity contribution < 1.29 is 9.90 Å². The number of hydrogen-bond acceptors (Lipinski definition) is 2. The summed E-state index contributed by atoms with van der Waals surface area (Å²) in [5, 5.41) is 12.5. The van der Waals surface area contributed by atoms with Gasteiger partial charge in [-0.2, -0.15) is 0 Å². The minimum Gasteiger partial charge on any atom is -0.394 e. The summed E-state index contributed by atoms with van der Waals surface area (Å²) in [6.45, 7) is 8.56. The second-order valence-corrected chi connectivity index (χ2v) is 9.41. The molecule has 3 nitrogen and oxygen atoms in total. The summed E-state index contributed by atoms with van der Waals surface area (Å²) in [7, 11) is 0. The monoisotopic (exact) mass is 279 g/mol. The first-order valence-electron chi connectivity index (χ1n) is 8.03. The maximum Gasteiger partial charge on any atom is 0.226 e. The van der Waals surface area contributed by atoms with Crippen LogP contribution >= 0.6 is 0 Å². The highest BCUT2D eigenvalue weighted by atomic mass is 16.3. The summed E-state index contributed by atoms with van der Waals surface area (Å²) in [4.78, 5) is 12.9. The van der Waals surface area contributed by atoms with Crippen LogP contribution in [0.5, 0.6) is 0 Å². The molecule has 4 rings (SSSR count). The van der Waals surface area contributed by atoms with Crippen LogP contribution in [0.1, 0.15) is 66.2 Å². The number of nitrogens with one attached hydrogen (secondary N) is 1. The number of aliphatic hydroxyl groups is 1. The van der Waals surface area contributed by atoms with Crippen molar-refractivity contribution in [1.82, 2.24) is 5.32 Å². The lowest BCUT2D eigenvalue weighted by molar-refractivity contribution is -0.171. The predicted molar refractivity (Wildman–Crippen MR) is 79.1 cm³/mol. The van der Waals surface area contributed by atoms with E-state index in [4.69, 9.17) is 0 Å². The highest BCUT2D eigenvalue weighted by Gasteiger charge is 2.62. The standard InChI is InChI=1S/C17H29NO2/c1-14(2,11-19)18-13(20)17-7-12-5-15(3,9-17)8-16(4,6-12)10-17/h12,19H,5-11H2,1-4H3,(H,18,20). The third-order valence-corrected chi connectivity index (χ3v) is 5.96. The Morgan fingerprint density at radius 3 is 2.15 bits per heavy atom. The fourth-order valence-corrected chi connectivity index (χ4v) is 6.18. The Balaban J connectivity index is 1.87. The van der Waals surface area contributed by atoms with Crippen molar-refractivity contribution in [3.8, 4) is 0 Å². The smallest absolute Gasteiger partial charge is 0.226 e. The number of carbonyl (C=O) groups excluding carboxylic acids is 1. The van der Waals surface area contributed by atoms with E-state index < -0.39 is 5.54 Å². The third-order valence-electron chi connectivity index (χ3n) is 5.96. The Morgan fingerprint density at radius 1 is 1.15 bits per heavy atom. The van der Waals surface area contributed by atoms with E-state index in [0.29, 0.717) is 10.8 Å². The minimum absolute atomic E-state index is 0.00716. The van der Waals surface area contributed by atoms with E-state index in [1.54, 1.807) is 0 Å². The molecular formula is C17H29NO2. The second kappa shape index (κ2) is 4.00. The number of amides is 1. The molecule has 20 heavy (non-hydrogen) atoms. The van der Waals surface area contributed by atoms with Gasteiger partial charge in [0.25, 0.3) is 0 Å². The van der Waals surface area contributed by atoms with Gasteiger partial charge in [-0.25, -0.2) is 0 Å². The zero-order valence-corrected chi connectivity index (χ0v) is 13.4. The average molecular weight is 279 g/mol. The summed E-state index contributed by atoms with van der Waals surface area (Å²) < 4.78 is 0. The van der Waals surface area contributed by atoms with Crippen molar-refractivity contribution >= 4 is 5.91 Å². The van der Waals surface area contributed by atoms with Crippen LogP contribution in [0.2, 0.25) is 0 Å². The molecule has 3 heteroatoms. The third kappa shape index (κ3) is 2.18. The number of carbonyl (C=O) groups is 1. The highest BCUT2D eigenvalue weighted by Crippen LogP contribution is 2.69. The fourth-order valence-electron chi connectivity index (χ4n) is 6.18. The van der Waals surface area contributed by atoms with Gasteiger partial charge >= 0.3 is 0 Å². The average Bonchev–Trinajstić information content (AvgIpc) is 2.23. The van der Waals surface area contributed by atoms with Crippen molar-refractivity contribution in [2.75, 3.05) is 6.61 Å². The first-order valence-corrected chi connectivity index (χ1v) is 8.03. The summed E-state index contributed by atoms with van der Waals surface area (Å²) in [5.41, 5.74) is 0.0291. The van der Waals surface area contributed by atoms with Gasteiger partial charge in [-0.1, -0.05) is 13.8 Å². The lowest BCUT2D eigenvalue weighted by Crippen LogP contribution is -2.62. The van der Waals surface area contributed by atoms with Crippen LogP contribution in [-0.4, -0.2) is 23.2 Å². The maximum absolute atomic E-state index is 12.9. The van der Waals surface area contributed by atoms with Crippen LogP contribution in [0.3, 0.4) is 0 Å². The molecule has 0 spiro atoms. The van der Waals surface area contributed by atoms with Crippen LogP contribution in [0.25, 0.3) is 0 Å². The molecule has 0 saturated heterocycles. The number of aliphatic hydroxyl groups excluding tert-OH is 1. The molecule has 4 fully saturated rings. The summed E-state index contributed by atoms with van der Waals surface area (Å²) in [5.74, 6) is 0.919. The molecule has 2 N–H and O–H groups in total. The molecule has 1 amide bonds. The second-order valence-electron chi connectivity index (χ2n) is 9.41. The normalized spacial score (nSPS) is 46.5. The maximum atomic E-state index is 12.9. The molecule has 0 aromatic rings. The van der Waals surface area contributed by atoms with E-state index in [1.807, 2.05) is 13.8 Å². The molecule has 0 heterocycles. The topological polar surface area (TPSA) is 49.3 Å². The van der Waals surface area contributed by atoms with Gasteiger partial charge in [0.1, 0.15) is 0 Å². The molecule has 2 unspecified atom stereocenters. The molecule has 0 aliphatic heterocycles. The van der Waals surface area contributed by atoms with E-state index in [1.165, 1.54) is 19.3 Å². The van der Waals surface area contributed by atoms with E-state index in [0.717, 1.165) is 25.2 Å². The Hall–Kier alpha value is -0.570. The predicted octanol–water partition coefficient (Wildman–Crippen LogP) is 2.87. The summed E-state index contributed by atoms with van der Waals surface area (Å²) in [6, 6.07) is 0. The zero-order valence-electron chi connectivity index (χ0n) is 13.4. The molecule has 4 aliphatic rings. The largest absolute Gasteiger partial charge is 0.394 e. The summed E-state index contributed by atoms with van der Waals surface area (Å²) in [6.07, 6.45) is 7.04. The molecule has 4 bridgehead atoms. The van der Waals surface area contributed by atoms with E-state index in [9.17, 15) is 9.90 Å². The Kier molecular flexibility index (Phi) is 2.87. The minimum atomic E-state index is -0.512. The lowest BCUT2D eigenvalue weighted by atomic mass is 9.40. The zero-order chi connectivity index (χ0) is 14.8. The molecular weight excluding hydrogens is 250 g/mol. The molecule has 0 radical (unpaired) electrons. The Morgan fingerprint density at radius 2 is 1.70 bits per heavy atom. The molecule has 4 aliphatic carbocycles.